The van der Waals surface area contributed by atoms with E-state index in [4.69, 9.17) is 9.47 Å². The van der Waals surface area contributed by atoms with Crippen LogP contribution < -0.4 is 10.1 Å². The predicted octanol–water partition coefficient (Wildman–Crippen LogP) is 1.84. The van der Waals surface area contributed by atoms with Gasteiger partial charge in [0.05, 0.1) is 25.8 Å². The van der Waals surface area contributed by atoms with Crippen molar-refractivity contribution < 1.29 is 19.1 Å². The first-order valence-corrected chi connectivity index (χ1v) is 6.47. The zero-order valence-corrected chi connectivity index (χ0v) is 12.5. The average molecular weight is 290 g/mol. The summed E-state index contributed by atoms with van der Waals surface area (Å²) in [6.07, 6.45) is 0. The topological polar surface area (TPSA) is 67.9 Å². The Bertz CT molecular complexity index is 609. The van der Waals surface area contributed by atoms with E-state index in [1.807, 2.05) is 18.2 Å². The van der Waals surface area contributed by atoms with Crippen LogP contribution in [0.2, 0.25) is 0 Å². The molecule has 2 rings (SSSR count). The molecule has 0 saturated carbocycles. The van der Waals surface area contributed by atoms with Crippen molar-refractivity contribution in [1.29, 1.82) is 0 Å². The van der Waals surface area contributed by atoms with Crippen LogP contribution in [0, 0.1) is 0 Å². The molecule has 112 valence electrons. The SMILES string of the molecule is COC(=O)C1=C(C)N(C)C(=O)N[C@H]1c1ccccc1OC. The van der Waals surface area contributed by atoms with Gasteiger partial charge < -0.3 is 19.7 Å². The third-order valence-electron chi connectivity index (χ3n) is 3.61. The lowest BCUT2D eigenvalue weighted by Gasteiger charge is -2.33. The Kier molecular flexibility index (Phi) is 4.16. The van der Waals surface area contributed by atoms with Gasteiger partial charge in [0, 0.05) is 18.3 Å². The number of methoxy groups -OCH3 is 2. The average Bonchev–Trinajstić information content (AvgIpc) is 2.51. The Hall–Kier alpha value is -2.50. The van der Waals surface area contributed by atoms with E-state index in [1.54, 1.807) is 27.1 Å². The second-order valence-corrected chi connectivity index (χ2v) is 4.67. The summed E-state index contributed by atoms with van der Waals surface area (Å²) in [5.41, 5.74) is 1.66. The van der Waals surface area contributed by atoms with E-state index >= 15 is 0 Å². The number of amides is 2. The summed E-state index contributed by atoms with van der Waals surface area (Å²) in [4.78, 5) is 25.5. The molecular formula is C15H18N2O4. The van der Waals surface area contributed by atoms with Gasteiger partial charge in [0.25, 0.3) is 0 Å². The molecule has 6 heteroatoms. The van der Waals surface area contributed by atoms with Gasteiger partial charge in [0.15, 0.2) is 0 Å². The molecule has 0 aliphatic carbocycles. The van der Waals surface area contributed by atoms with E-state index in [1.165, 1.54) is 12.0 Å². The highest BCUT2D eigenvalue weighted by Crippen LogP contribution is 2.35. The number of urea groups is 1. The maximum absolute atomic E-state index is 12.1. The van der Waals surface area contributed by atoms with Gasteiger partial charge in [-0.15, -0.1) is 0 Å². The zero-order chi connectivity index (χ0) is 15.6. The van der Waals surface area contributed by atoms with Crippen molar-refractivity contribution in [2.24, 2.45) is 0 Å². The first-order valence-electron chi connectivity index (χ1n) is 6.47. The molecule has 1 atom stereocenters. The molecule has 1 aromatic carbocycles. The summed E-state index contributed by atoms with van der Waals surface area (Å²) in [6.45, 7) is 1.72. The van der Waals surface area contributed by atoms with Crippen molar-refractivity contribution in [3.05, 3.63) is 41.1 Å². The van der Waals surface area contributed by atoms with Crippen LogP contribution in [0.1, 0.15) is 18.5 Å². The fourth-order valence-electron chi connectivity index (χ4n) is 2.35. The molecule has 0 radical (unpaired) electrons. The van der Waals surface area contributed by atoms with Gasteiger partial charge in [-0.1, -0.05) is 18.2 Å². The first-order chi connectivity index (χ1) is 10.0. The molecule has 2 amide bonds. The van der Waals surface area contributed by atoms with Gasteiger partial charge >= 0.3 is 12.0 Å². The molecule has 1 N–H and O–H groups in total. The molecule has 21 heavy (non-hydrogen) atoms. The van der Waals surface area contributed by atoms with Crippen LogP contribution in [0.4, 0.5) is 4.79 Å². The number of para-hydroxylation sites is 1. The predicted molar refractivity (Wildman–Crippen MR) is 76.7 cm³/mol. The molecule has 0 spiro atoms. The number of carbonyl (C=O) groups excluding carboxylic acids is 2. The van der Waals surface area contributed by atoms with E-state index < -0.39 is 12.0 Å². The summed E-state index contributed by atoms with van der Waals surface area (Å²) in [5.74, 6) is 0.122. The molecule has 1 aliphatic heterocycles. The Labute approximate surface area is 123 Å². The molecule has 0 aromatic heterocycles. The maximum Gasteiger partial charge on any atom is 0.337 e. The van der Waals surface area contributed by atoms with Gasteiger partial charge in [-0.25, -0.2) is 9.59 Å². The quantitative estimate of drug-likeness (QED) is 0.862. The smallest absolute Gasteiger partial charge is 0.337 e. The minimum atomic E-state index is -0.600. The Morgan fingerprint density at radius 3 is 2.57 bits per heavy atom. The molecule has 1 aromatic rings. The van der Waals surface area contributed by atoms with Crippen molar-refractivity contribution in [2.75, 3.05) is 21.3 Å². The van der Waals surface area contributed by atoms with Crippen LogP contribution in [0.25, 0.3) is 0 Å². The molecule has 1 heterocycles. The Balaban J connectivity index is 2.59. The number of nitrogens with zero attached hydrogens (tertiary/aromatic N) is 1. The van der Waals surface area contributed by atoms with Crippen molar-refractivity contribution in [2.45, 2.75) is 13.0 Å². The molecule has 0 saturated heterocycles. The van der Waals surface area contributed by atoms with Gasteiger partial charge in [0.2, 0.25) is 0 Å². The third kappa shape index (κ3) is 2.56. The van der Waals surface area contributed by atoms with Crippen molar-refractivity contribution in [1.82, 2.24) is 10.2 Å². The molecule has 0 bridgehead atoms. The van der Waals surface area contributed by atoms with Crippen LogP contribution in [-0.2, 0) is 9.53 Å². The molecule has 1 aliphatic rings. The molecule has 0 fully saturated rings. The first kappa shape index (κ1) is 14.9. The van der Waals surface area contributed by atoms with Crippen LogP contribution in [-0.4, -0.2) is 38.2 Å². The van der Waals surface area contributed by atoms with Gasteiger partial charge in [-0.05, 0) is 13.0 Å². The number of allylic oxidation sites excluding steroid dienone is 1. The summed E-state index contributed by atoms with van der Waals surface area (Å²) in [6, 6.07) is 6.36. The Morgan fingerprint density at radius 1 is 1.29 bits per heavy atom. The number of ether oxygens (including phenoxy) is 2. The van der Waals surface area contributed by atoms with Crippen LogP contribution in [0.3, 0.4) is 0 Å². The van der Waals surface area contributed by atoms with Gasteiger partial charge in [0.1, 0.15) is 5.75 Å². The number of esters is 1. The number of nitrogens with one attached hydrogen (secondary N) is 1. The van der Waals surface area contributed by atoms with Crippen molar-refractivity contribution >= 4 is 12.0 Å². The van der Waals surface area contributed by atoms with Gasteiger partial charge in [-0.2, -0.15) is 0 Å². The zero-order valence-electron chi connectivity index (χ0n) is 12.5. The standard InChI is InChI=1S/C15H18N2O4/c1-9-12(14(18)21-4)13(16-15(19)17(9)2)10-7-5-6-8-11(10)20-3/h5-8,13H,1-4H3,(H,16,19)/t13-/m0/s1. The lowest BCUT2D eigenvalue weighted by atomic mass is 9.94. The highest BCUT2D eigenvalue weighted by atomic mass is 16.5. The van der Waals surface area contributed by atoms with Crippen molar-refractivity contribution in [3.63, 3.8) is 0 Å². The van der Waals surface area contributed by atoms with E-state index in [-0.39, 0.29) is 6.03 Å². The maximum atomic E-state index is 12.1. The highest BCUT2D eigenvalue weighted by molar-refractivity contribution is 5.95. The Morgan fingerprint density at radius 2 is 1.95 bits per heavy atom. The lowest BCUT2D eigenvalue weighted by Crippen LogP contribution is -2.46. The summed E-state index contributed by atoms with van der Waals surface area (Å²) in [7, 11) is 4.47. The summed E-state index contributed by atoms with van der Waals surface area (Å²) in [5, 5.41) is 2.80. The summed E-state index contributed by atoms with van der Waals surface area (Å²) >= 11 is 0. The minimum Gasteiger partial charge on any atom is -0.496 e. The molecule has 6 nitrogen and oxygen atoms in total. The van der Waals surface area contributed by atoms with Crippen molar-refractivity contribution in [3.8, 4) is 5.75 Å². The van der Waals surface area contributed by atoms with E-state index in [9.17, 15) is 9.59 Å². The second kappa shape index (κ2) is 5.87. The lowest BCUT2D eigenvalue weighted by molar-refractivity contribution is -0.136. The number of hydrogen-bond donors (Lipinski definition) is 1. The largest absolute Gasteiger partial charge is 0.496 e. The van der Waals surface area contributed by atoms with Crippen LogP contribution >= 0.6 is 0 Å². The van der Waals surface area contributed by atoms with E-state index in [0.717, 1.165) is 0 Å². The van der Waals surface area contributed by atoms with Crippen LogP contribution in [0.5, 0.6) is 5.75 Å². The number of benzene rings is 1. The molecular weight excluding hydrogens is 272 g/mol. The normalized spacial score (nSPS) is 18.4. The monoisotopic (exact) mass is 290 g/mol. The van der Waals surface area contributed by atoms with Crippen LogP contribution in [0.15, 0.2) is 35.5 Å². The number of carbonyl (C=O) groups is 2. The number of hydrogen-bond acceptors (Lipinski definition) is 4. The second-order valence-electron chi connectivity index (χ2n) is 4.67. The fraction of sp³-hybridized carbons (Fsp3) is 0.333. The molecule has 0 unspecified atom stereocenters. The minimum absolute atomic E-state index is 0.281. The number of rotatable bonds is 3. The fourth-order valence-corrected chi connectivity index (χ4v) is 2.35. The highest BCUT2D eigenvalue weighted by Gasteiger charge is 2.35. The van der Waals surface area contributed by atoms with E-state index in [0.29, 0.717) is 22.6 Å². The third-order valence-corrected chi connectivity index (χ3v) is 3.61. The summed E-state index contributed by atoms with van der Waals surface area (Å²) < 4.78 is 10.2. The van der Waals surface area contributed by atoms with E-state index in [2.05, 4.69) is 5.32 Å². The van der Waals surface area contributed by atoms with Gasteiger partial charge in [-0.3, -0.25) is 0 Å².